The summed E-state index contributed by atoms with van der Waals surface area (Å²) in [5.41, 5.74) is 7.25. The van der Waals surface area contributed by atoms with Crippen LogP contribution in [-0.2, 0) is 11.2 Å². The Kier molecular flexibility index (Phi) is 5.00. The van der Waals surface area contributed by atoms with Gasteiger partial charge < -0.3 is 11.1 Å². The third kappa shape index (κ3) is 4.36. The normalized spacial score (nSPS) is 11.7. The highest BCUT2D eigenvalue weighted by Gasteiger charge is 2.17. The highest BCUT2D eigenvalue weighted by Crippen LogP contribution is 2.13. The molecule has 0 saturated carbocycles. The van der Waals surface area contributed by atoms with Gasteiger partial charge in [-0.1, -0.05) is 54.7 Å². The van der Waals surface area contributed by atoms with Crippen LogP contribution in [0.1, 0.15) is 17.2 Å². The molecule has 3 nitrogen and oxygen atoms in total. The summed E-state index contributed by atoms with van der Waals surface area (Å²) in [5.74, 6) is -0.548. The average Bonchev–Trinajstić information content (AvgIpc) is 2.48. The van der Waals surface area contributed by atoms with Gasteiger partial charge in [-0.3, -0.25) is 4.79 Å². The van der Waals surface area contributed by atoms with E-state index in [1.165, 1.54) is 12.1 Å². The lowest BCUT2D eigenvalue weighted by Crippen LogP contribution is -2.37. The van der Waals surface area contributed by atoms with Gasteiger partial charge in [0, 0.05) is 0 Å². The van der Waals surface area contributed by atoms with Crippen LogP contribution in [0.2, 0.25) is 0 Å². The largest absolute Gasteiger partial charge is 0.391 e. The highest BCUT2D eigenvalue weighted by molar-refractivity contribution is 7.80. The van der Waals surface area contributed by atoms with Gasteiger partial charge in [0.25, 0.3) is 0 Å². The highest BCUT2D eigenvalue weighted by atomic mass is 32.1. The van der Waals surface area contributed by atoms with Crippen molar-refractivity contribution < 1.29 is 9.18 Å². The summed E-state index contributed by atoms with van der Waals surface area (Å²) in [7, 11) is 0. The van der Waals surface area contributed by atoms with E-state index in [0.29, 0.717) is 0 Å². The van der Waals surface area contributed by atoms with Gasteiger partial charge in [0.1, 0.15) is 16.8 Å². The molecule has 1 unspecified atom stereocenters. The third-order valence-electron chi connectivity index (χ3n) is 3.00. The van der Waals surface area contributed by atoms with E-state index in [2.05, 4.69) is 5.32 Å². The molecular weight excluding hydrogens is 287 g/mol. The van der Waals surface area contributed by atoms with Gasteiger partial charge >= 0.3 is 0 Å². The monoisotopic (exact) mass is 302 g/mol. The zero-order valence-corrected chi connectivity index (χ0v) is 12.1. The van der Waals surface area contributed by atoms with Crippen LogP contribution in [0.5, 0.6) is 0 Å². The molecule has 2 aromatic rings. The minimum atomic E-state index is -0.505. The van der Waals surface area contributed by atoms with Crippen LogP contribution in [0, 0.1) is 5.82 Å². The number of carbonyl (C=O) groups excluding carboxylic acids is 1. The molecule has 0 aliphatic carbocycles. The van der Waals surface area contributed by atoms with Crippen molar-refractivity contribution in [3.05, 3.63) is 71.5 Å². The molecule has 0 heterocycles. The van der Waals surface area contributed by atoms with E-state index >= 15 is 0 Å². The molecule has 0 bridgehead atoms. The van der Waals surface area contributed by atoms with Crippen molar-refractivity contribution in [1.29, 1.82) is 0 Å². The number of nitrogens with two attached hydrogens (primary N) is 1. The van der Waals surface area contributed by atoms with Crippen LogP contribution in [0.15, 0.2) is 54.6 Å². The maximum Gasteiger partial charge on any atom is 0.225 e. The van der Waals surface area contributed by atoms with Crippen LogP contribution >= 0.6 is 12.2 Å². The maximum atomic E-state index is 12.8. The van der Waals surface area contributed by atoms with E-state index in [1.807, 2.05) is 30.3 Å². The molecule has 0 radical (unpaired) electrons. The minimum absolute atomic E-state index is 0.145. The molecule has 2 rings (SSSR count). The summed E-state index contributed by atoms with van der Waals surface area (Å²) in [5, 5.41) is 2.80. The number of hydrogen-bond donors (Lipinski definition) is 2. The fraction of sp³-hybridized carbons (Fsp3) is 0.125. The van der Waals surface area contributed by atoms with Crippen LogP contribution in [0.3, 0.4) is 0 Å². The molecule has 21 heavy (non-hydrogen) atoms. The van der Waals surface area contributed by atoms with E-state index in [4.69, 9.17) is 18.0 Å². The quantitative estimate of drug-likeness (QED) is 0.835. The Balaban J connectivity index is 2.05. The van der Waals surface area contributed by atoms with E-state index in [9.17, 15) is 9.18 Å². The number of nitrogens with one attached hydrogen (secondary N) is 1. The Hall–Kier alpha value is -2.27. The summed E-state index contributed by atoms with van der Waals surface area (Å²) >= 11 is 5.01. The lowest BCUT2D eigenvalue weighted by atomic mass is 10.1. The van der Waals surface area contributed by atoms with Crippen molar-refractivity contribution in [2.75, 3.05) is 0 Å². The fourth-order valence-electron chi connectivity index (χ4n) is 1.96. The van der Waals surface area contributed by atoms with Crippen molar-refractivity contribution in [2.24, 2.45) is 5.73 Å². The molecule has 1 atom stereocenters. The van der Waals surface area contributed by atoms with Crippen molar-refractivity contribution in [1.82, 2.24) is 5.32 Å². The summed E-state index contributed by atoms with van der Waals surface area (Å²) in [4.78, 5) is 12.3. The SMILES string of the molecule is NC(=S)C(NC(=O)Cc1ccc(F)cc1)c1ccccc1. The van der Waals surface area contributed by atoms with Gasteiger partial charge in [-0.15, -0.1) is 0 Å². The van der Waals surface area contributed by atoms with Gasteiger partial charge in [-0.2, -0.15) is 0 Å². The number of amides is 1. The third-order valence-corrected chi connectivity index (χ3v) is 3.24. The first-order chi connectivity index (χ1) is 10.1. The number of carbonyl (C=O) groups is 1. The molecule has 0 aromatic heterocycles. The first-order valence-electron chi connectivity index (χ1n) is 6.44. The predicted molar refractivity (Wildman–Crippen MR) is 84.2 cm³/mol. The molecule has 0 fully saturated rings. The van der Waals surface area contributed by atoms with Crippen LogP contribution in [0.25, 0.3) is 0 Å². The molecule has 0 spiro atoms. The van der Waals surface area contributed by atoms with E-state index < -0.39 is 6.04 Å². The van der Waals surface area contributed by atoms with Crippen molar-refractivity contribution in [2.45, 2.75) is 12.5 Å². The predicted octanol–water partition coefficient (Wildman–Crippen LogP) is 2.51. The van der Waals surface area contributed by atoms with Crippen molar-refractivity contribution in [3.63, 3.8) is 0 Å². The van der Waals surface area contributed by atoms with E-state index in [1.54, 1.807) is 12.1 Å². The molecule has 0 saturated heterocycles. The van der Waals surface area contributed by atoms with Crippen molar-refractivity contribution >= 4 is 23.1 Å². The van der Waals surface area contributed by atoms with Gasteiger partial charge in [-0.25, -0.2) is 4.39 Å². The Morgan fingerprint density at radius 2 is 1.76 bits per heavy atom. The molecular formula is C16H15FN2OS. The molecule has 0 aliphatic rings. The topological polar surface area (TPSA) is 55.1 Å². The first-order valence-corrected chi connectivity index (χ1v) is 6.85. The molecule has 2 aromatic carbocycles. The number of thiocarbonyl (C=S) groups is 1. The minimum Gasteiger partial charge on any atom is -0.391 e. The standard InChI is InChI=1S/C16H15FN2OS/c17-13-8-6-11(7-9-13)10-14(20)19-15(16(18)21)12-4-2-1-3-5-12/h1-9,15H,10H2,(H2,18,21)(H,19,20). The smallest absolute Gasteiger partial charge is 0.225 e. The van der Waals surface area contributed by atoms with Gasteiger partial charge in [0.05, 0.1) is 6.42 Å². The maximum absolute atomic E-state index is 12.8. The fourth-order valence-corrected chi connectivity index (χ4v) is 2.16. The molecule has 1 amide bonds. The second-order valence-corrected chi connectivity index (χ2v) is 5.09. The summed E-state index contributed by atoms with van der Waals surface area (Å²) < 4.78 is 12.8. The second-order valence-electron chi connectivity index (χ2n) is 4.62. The Labute approximate surface area is 128 Å². The zero-order chi connectivity index (χ0) is 15.2. The zero-order valence-electron chi connectivity index (χ0n) is 11.3. The molecule has 0 aliphatic heterocycles. The Bertz CT molecular complexity index is 628. The number of halogens is 1. The van der Waals surface area contributed by atoms with Crippen LogP contribution < -0.4 is 11.1 Å². The summed E-state index contributed by atoms with van der Waals surface area (Å²) in [6.45, 7) is 0. The van der Waals surface area contributed by atoms with Gasteiger partial charge in [0.15, 0.2) is 0 Å². The second kappa shape index (κ2) is 6.95. The lowest BCUT2D eigenvalue weighted by Gasteiger charge is -2.18. The lowest BCUT2D eigenvalue weighted by molar-refractivity contribution is -0.120. The van der Waals surface area contributed by atoms with Gasteiger partial charge in [-0.05, 0) is 23.3 Å². The van der Waals surface area contributed by atoms with Crippen LogP contribution in [-0.4, -0.2) is 10.9 Å². The van der Waals surface area contributed by atoms with E-state index in [0.717, 1.165) is 11.1 Å². The summed E-state index contributed by atoms with van der Waals surface area (Å²) in [6.07, 6.45) is 0.145. The average molecular weight is 302 g/mol. The molecule has 108 valence electrons. The first kappa shape index (κ1) is 15.1. The van der Waals surface area contributed by atoms with E-state index in [-0.39, 0.29) is 23.1 Å². The Morgan fingerprint density at radius 3 is 2.33 bits per heavy atom. The summed E-state index contributed by atoms with van der Waals surface area (Å²) in [6, 6.07) is 14.6. The number of rotatable bonds is 5. The van der Waals surface area contributed by atoms with Crippen LogP contribution in [0.4, 0.5) is 4.39 Å². The van der Waals surface area contributed by atoms with Gasteiger partial charge in [0.2, 0.25) is 5.91 Å². The molecule has 5 heteroatoms. The number of benzene rings is 2. The Morgan fingerprint density at radius 1 is 1.14 bits per heavy atom. The van der Waals surface area contributed by atoms with Crippen molar-refractivity contribution in [3.8, 4) is 0 Å². The molecule has 3 N–H and O–H groups in total. The number of hydrogen-bond acceptors (Lipinski definition) is 2.